The van der Waals surface area contributed by atoms with Crippen LogP contribution >= 0.6 is 11.3 Å². The van der Waals surface area contributed by atoms with Crippen LogP contribution in [0, 0.1) is 0 Å². The van der Waals surface area contributed by atoms with Gasteiger partial charge < -0.3 is 15.4 Å². The molecule has 2 heterocycles. The summed E-state index contributed by atoms with van der Waals surface area (Å²) in [6.07, 6.45) is 1.60. The van der Waals surface area contributed by atoms with E-state index in [4.69, 9.17) is 4.74 Å². The van der Waals surface area contributed by atoms with Gasteiger partial charge in [0.2, 0.25) is 11.8 Å². The van der Waals surface area contributed by atoms with Crippen LogP contribution in [0.5, 0.6) is 0 Å². The number of thiophene rings is 1. The summed E-state index contributed by atoms with van der Waals surface area (Å²) in [5, 5.41) is 5.82. The SMILES string of the molecule is CCOC(=O)c1cc(CC)sc1NC(=O)[C@H]1CCC(=O)N1. The normalized spacial score (nSPS) is 17.4. The number of esters is 1. The Balaban J connectivity index is 2.14. The molecular formula is C14H18N2O4S. The van der Waals surface area contributed by atoms with E-state index in [0.717, 1.165) is 11.3 Å². The number of aryl methyl sites for hydroxylation is 1. The number of hydrogen-bond acceptors (Lipinski definition) is 5. The fraction of sp³-hybridized carbons (Fsp3) is 0.500. The Hall–Kier alpha value is -1.89. The molecule has 0 radical (unpaired) electrons. The molecule has 0 aromatic carbocycles. The fourth-order valence-corrected chi connectivity index (χ4v) is 3.07. The van der Waals surface area contributed by atoms with Crippen molar-refractivity contribution in [3.05, 3.63) is 16.5 Å². The van der Waals surface area contributed by atoms with Crippen LogP contribution in [0.1, 0.15) is 41.9 Å². The molecule has 1 aliphatic rings. The van der Waals surface area contributed by atoms with Gasteiger partial charge in [0.1, 0.15) is 11.0 Å². The molecule has 21 heavy (non-hydrogen) atoms. The second-order valence-corrected chi connectivity index (χ2v) is 5.81. The molecule has 2 amide bonds. The first-order chi connectivity index (χ1) is 10.0. The maximum atomic E-state index is 12.1. The summed E-state index contributed by atoms with van der Waals surface area (Å²) >= 11 is 1.36. The summed E-state index contributed by atoms with van der Waals surface area (Å²) < 4.78 is 5.00. The van der Waals surface area contributed by atoms with E-state index in [1.807, 2.05) is 6.92 Å². The molecule has 1 aromatic heterocycles. The molecule has 1 saturated heterocycles. The molecular weight excluding hydrogens is 292 g/mol. The van der Waals surface area contributed by atoms with Gasteiger partial charge in [-0.15, -0.1) is 11.3 Å². The number of hydrogen-bond donors (Lipinski definition) is 2. The first-order valence-electron chi connectivity index (χ1n) is 6.95. The van der Waals surface area contributed by atoms with E-state index in [2.05, 4.69) is 10.6 Å². The first-order valence-corrected chi connectivity index (χ1v) is 7.76. The highest BCUT2D eigenvalue weighted by Crippen LogP contribution is 2.29. The number of carbonyl (C=O) groups excluding carboxylic acids is 3. The van der Waals surface area contributed by atoms with Crippen LogP contribution in [0.3, 0.4) is 0 Å². The van der Waals surface area contributed by atoms with Gasteiger partial charge in [-0.1, -0.05) is 6.92 Å². The van der Waals surface area contributed by atoms with Crippen LogP contribution in [0.25, 0.3) is 0 Å². The van der Waals surface area contributed by atoms with Gasteiger partial charge >= 0.3 is 5.97 Å². The quantitative estimate of drug-likeness (QED) is 0.811. The maximum absolute atomic E-state index is 12.1. The molecule has 0 aliphatic carbocycles. The van der Waals surface area contributed by atoms with Gasteiger partial charge in [-0.05, 0) is 25.8 Å². The first kappa shape index (κ1) is 15.5. The molecule has 1 aliphatic heterocycles. The minimum absolute atomic E-state index is 0.124. The summed E-state index contributed by atoms with van der Waals surface area (Å²) in [5.41, 5.74) is 0.372. The zero-order valence-corrected chi connectivity index (χ0v) is 12.8. The minimum atomic E-state index is -0.528. The van der Waals surface area contributed by atoms with Gasteiger partial charge in [-0.25, -0.2) is 4.79 Å². The van der Waals surface area contributed by atoms with E-state index >= 15 is 0 Å². The van der Waals surface area contributed by atoms with Crippen LogP contribution in [-0.4, -0.2) is 30.4 Å². The van der Waals surface area contributed by atoms with Crippen molar-refractivity contribution in [1.82, 2.24) is 5.32 Å². The Kier molecular flexibility index (Phi) is 4.95. The Bertz CT molecular complexity index is 567. The van der Waals surface area contributed by atoms with E-state index in [0.29, 0.717) is 23.4 Å². The largest absolute Gasteiger partial charge is 0.462 e. The monoisotopic (exact) mass is 310 g/mol. The number of carbonyl (C=O) groups is 3. The zero-order chi connectivity index (χ0) is 15.4. The van der Waals surface area contributed by atoms with Gasteiger partial charge in [0, 0.05) is 11.3 Å². The van der Waals surface area contributed by atoms with Crippen molar-refractivity contribution in [3.8, 4) is 0 Å². The average Bonchev–Trinajstić information content (AvgIpc) is 3.05. The third-order valence-electron chi connectivity index (χ3n) is 3.18. The summed E-state index contributed by atoms with van der Waals surface area (Å²) in [6, 6.07) is 1.21. The Labute approximate surface area is 126 Å². The second-order valence-electron chi connectivity index (χ2n) is 4.68. The van der Waals surface area contributed by atoms with Crippen molar-refractivity contribution < 1.29 is 19.1 Å². The summed E-state index contributed by atoms with van der Waals surface area (Å²) in [5.74, 6) is -0.865. The summed E-state index contributed by atoms with van der Waals surface area (Å²) in [4.78, 5) is 36.2. The predicted octanol–water partition coefficient (Wildman–Crippen LogP) is 1.70. The van der Waals surface area contributed by atoms with Crippen LogP contribution in [0.2, 0.25) is 0 Å². The summed E-state index contributed by atoms with van der Waals surface area (Å²) in [6.45, 7) is 3.99. The van der Waals surface area contributed by atoms with Gasteiger partial charge in [0.05, 0.1) is 12.2 Å². The molecule has 0 bridgehead atoms. The lowest BCUT2D eigenvalue weighted by atomic mass is 10.2. The Morgan fingerprint density at radius 2 is 2.24 bits per heavy atom. The molecule has 1 aromatic rings. The smallest absolute Gasteiger partial charge is 0.341 e. The lowest BCUT2D eigenvalue weighted by molar-refractivity contribution is -0.122. The fourth-order valence-electron chi connectivity index (χ4n) is 2.08. The van der Waals surface area contributed by atoms with E-state index in [1.54, 1.807) is 13.0 Å². The highest BCUT2D eigenvalue weighted by Gasteiger charge is 2.28. The summed E-state index contributed by atoms with van der Waals surface area (Å²) in [7, 11) is 0. The molecule has 1 atom stereocenters. The lowest BCUT2D eigenvalue weighted by Crippen LogP contribution is -2.37. The standard InChI is InChI=1S/C14H18N2O4S/c1-3-8-7-9(14(19)20-4-2)13(21-8)16-12(18)10-5-6-11(17)15-10/h7,10H,3-6H2,1-2H3,(H,15,17)(H,16,18)/t10-/m1/s1. The molecule has 0 spiro atoms. The molecule has 2 N–H and O–H groups in total. The highest BCUT2D eigenvalue weighted by molar-refractivity contribution is 7.16. The van der Waals surface area contributed by atoms with Gasteiger partial charge in [0.15, 0.2) is 0 Å². The number of ether oxygens (including phenoxy) is 1. The van der Waals surface area contributed by atoms with Crippen molar-refractivity contribution in [2.75, 3.05) is 11.9 Å². The molecule has 0 unspecified atom stereocenters. The van der Waals surface area contributed by atoms with Crippen LogP contribution in [0.4, 0.5) is 5.00 Å². The van der Waals surface area contributed by atoms with Crippen molar-refractivity contribution in [1.29, 1.82) is 0 Å². The number of nitrogens with one attached hydrogen (secondary N) is 2. The van der Waals surface area contributed by atoms with E-state index < -0.39 is 12.0 Å². The van der Waals surface area contributed by atoms with Crippen molar-refractivity contribution in [2.45, 2.75) is 39.2 Å². The Morgan fingerprint density at radius 1 is 1.48 bits per heavy atom. The van der Waals surface area contributed by atoms with Crippen molar-refractivity contribution in [3.63, 3.8) is 0 Å². The molecule has 2 rings (SSSR count). The van der Waals surface area contributed by atoms with Crippen molar-refractivity contribution in [2.24, 2.45) is 0 Å². The number of rotatable bonds is 5. The zero-order valence-electron chi connectivity index (χ0n) is 12.0. The molecule has 0 saturated carbocycles. The third kappa shape index (κ3) is 3.60. The van der Waals surface area contributed by atoms with Crippen LogP contribution in [-0.2, 0) is 20.7 Å². The average molecular weight is 310 g/mol. The van der Waals surface area contributed by atoms with Gasteiger partial charge in [-0.2, -0.15) is 0 Å². The minimum Gasteiger partial charge on any atom is -0.462 e. The van der Waals surface area contributed by atoms with Crippen molar-refractivity contribution >= 4 is 34.1 Å². The van der Waals surface area contributed by atoms with Gasteiger partial charge in [-0.3, -0.25) is 9.59 Å². The van der Waals surface area contributed by atoms with E-state index in [1.165, 1.54) is 11.3 Å². The second kappa shape index (κ2) is 6.71. The van der Waals surface area contributed by atoms with Crippen LogP contribution in [0.15, 0.2) is 6.07 Å². The van der Waals surface area contributed by atoms with E-state index in [-0.39, 0.29) is 18.4 Å². The number of amides is 2. The molecule has 114 valence electrons. The Morgan fingerprint density at radius 3 is 2.81 bits per heavy atom. The third-order valence-corrected chi connectivity index (χ3v) is 4.37. The van der Waals surface area contributed by atoms with E-state index in [9.17, 15) is 14.4 Å². The highest BCUT2D eigenvalue weighted by atomic mass is 32.1. The van der Waals surface area contributed by atoms with Crippen LogP contribution < -0.4 is 10.6 Å². The molecule has 6 nitrogen and oxygen atoms in total. The maximum Gasteiger partial charge on any atom is 0.341 e. The van der Waals surface area contributed by atoms with Gasteiger partial charge in [0.25, 0.3) is 0 Å². The number of anilines is 1. The predicted molar refractivity (Wildman–Crippen MR) is 79.4 cm³/mol. The molecule has 7 heteroatoms. The lowest BCUT2D eigenvalue weighted by Gasteiger charge is -2.10. The molecule has 1 fully saturated rings. The topological polar surface area (TPSA) is 84.5 Å².